The number of rotatable bonds is 9. The van der Waals surface area contributed by atoms with Crippen LogP contribution in [-0.2, 0) is 21.3 Å². The van der Waals surface area contributed by atoms with Gasteiger partial charge in [0.25, 0.3) is 6.01 Å². The Hall–Kier alpha value is -2.14. The molecule has 0 saturated heterocycles. The van der Waals surface area contributed by atoms with Crippen LogP contribution in [0.3, 0.4) is 0 Å². The van der Waals surface area contributed by atoms with Crippen LogP contribution in [0, 0.1) is 0 Å². The number of alkyl halides is 3. The van der Waals surface area contributed by atoms with E-state index in [-0.39, 0.29) is 36.4 Å². The summed E-state index contributed by atoms with van der Waals surface area (Å²) in [5.74, 6) is -0.0668. The summed E-state index contributed by atoms with van der Waals surface area (Å²) in [4.78, 5) is 19.9. The first-order valence-corrected chi connectivity index (χ1v) is 10.9. The molecule has 2 aliphatic rings. The highest BCUT2D eigenvalue weighted by atomic mass is 19.4. The van der Waals surface area contributed by atoms with Crippen LogP contribution >= 0.6 is 0 Å². The van der Waals surface area contributed by atoms with Gasteiger partial charge in [0, 0.05) is 26.4 Å². The van der Waals surface area contributed by atoms with Crippen LogP contribution < -0.4 is 20.9 Å². The molecule has 1 N–H and O–H groups in total. The predicted molar refractivity (Wildman–Crippen MR) is 109 cm³/mol. The van der Waals surface area contributed by atoms with Crippen LogP contribution in [-0.4, -0.2) is 59.3 Å². The van der Waals surface area contributed by atoms with Gasteiger partial charge in [-0.3, -0.25) is 9.36 Å². The Morgan fingerprint density at radius 2 is 1.97 bits per heavy atom. The summed E-state index contributed by atoms with van der Waals surface area (Å²) in [5, 5.41) is 3.40. The van der Waals surface area contributed by atoms with Crippen molar-refractivity contribution in [1.29, 1.82) is 0 Å². The van der Waals surface area contributed by atoms with Crippen molar-refractivity contribution in [2.24, 2.45) is 12.0 Å². The number of carbonyl (C=O) groups excluding carboxylic acids is 1. The van der Waals surface area contributed by atoms with E-state index >= 15 is 0 Å². The number of amides is 1. The van der Waals surface area contributed by atoms with Gasteiger partial charge in [0.2, 0.25) is 5.91 Å². The number of nitrogens with zero attached hydrogens (tertiary/aromatic N) is 3. The Labute approximate surface area is 184 Å². The lowest BCUT2D eigenvalue weighted by molar-refractivity contribution is -0.140. The maximum absolute atomic E-state index is 12.3. The van der Waals surface area contributed by atoms with Gasteiger partial charge >= 0.3 is 6.18 Å². The Balaban J connectivity index is 1.47. The van der Waals surface area contributed by atoms with E-state index in [1.165, 1.54) is 6.92 Å². The second-order valence-corrected chi connectivity index (χ2v) is 8.37. The lowest BCUT2D eigenvalue weighted by Gasteiger charge is -2.31. The zero-order valence-corrected chi connectivity index (χ0v) is 18.7. The van der Waals surface area contributed by atoms with Crippen LogP contribution in [0.25, 0.3) is 6.08 Å². The summed E-state index contributed by atoms with van der Waals surface area (Å²) in [5.41, 5.74) is 0.548. The average molecular weight is 460 g/mol. The SMILES string of the molecule is CC(=O)N[C@@H](C)CO[C@H]1CC[C@H](OC2CC=c3nc(OCCC(F)(F)F)n(C)c3=N2)CC1. The smallest absolute Gasteiger partial charge is 0.392 e. The van der Waals surface area contributed by atoms with Gasteiger partial charge in [-0.05, 0) is 32.6 Å². The molecule has 1 fully saturated rings. The van der Waals surface area contributed by atoms with Crippen LogP contribution in [0.2, 0.25) is 0 Å². The number of carbonyl (C=O) groups is 1. The van der Waals surface area contributed by atoms with Crippen molar-refractivity contribution in [1.82, 2.24) is 14.9 Å². The fourth-order valence-electron chi connectivity index (χ4n) is 3.88. The van der Waals surface area contributed by atoms with E-state index in [1.54, 1.807) is 11.6 Å². The van der Waals surface area contributed by atoms with E-state index < -0.39 is 19.2 Å². The molecule has 1 aliphatic carbocycles. The summed E-state index contributed by atoms with van der Waals surface area (Å²) < 4.78 is 55.8. The molecule has 0 bridgehead atoms. The van der Waals surface area contributed by atoms with Gasteiger partial charge < -0.3 is 19.5 Å². The molecule has 1 amide bonds. The van der Waals surface area contributed by atoms with E-state index in [1.807, 2.05) is 13.0 Å². The van der Waals surface area contributed by atoms with E-state index in [4.69, 9.17) is 14.2 Å². The fraction of sp³-hybridized carbons (Fsp3) is 0.762. The summed E-state index contributed by atoms with van der Waals surface area (Å²) in [6.45, 7) is 3.40. The third-order valence-electron chi connectivity index (χ3n) is 5.45. The first-order valence-electron chi connectivity index (χ1n) is 10.9. The van der Waals surface area contributed by atoms with Crippen LogP contribution in [0.1, 0.15) is 52.4 Å². The minimum Gasteiger partial charge on any atom is -0.464 e. The standard InChI is InChI=1S/C21H31F3N4O4/c1-13(25-14(2)29)12-31-15-4-6-16(7-5-15)32-18-9-8-17-19(27-18)28(3)20(26-17)30-11-10-21(22,23)24/h8,13,15-16,18H,4-7,9-12H2,1-3H3,(H,25,29)/t13-,15-,16-,18?/m0/s1. The Morgan fingerprint density at radius 1 is 1.28 bits per heavy atom. The van der Waals surface area contributed by atoms with Crippen LogP contribution in [0.5, 0.6) is 6.01 Å². The molecule has 0 spiro atoms. The molecular weight excluding hydrogens is 429 g/mol. The number of hydrogen-bond donors (Lipinski definition) is 1. The normalized spacial score (nSPS) is 24.1. The maximum Gasteiger partial charge on any atom is 0.392 e. The van der Waals surface area contributed by atoms with Crippen molar-refractivity contribution >= 4 is 12.0 Å². The van der Waals surface area contributed by atoms with Gasteiger partial charge in [0.05, 0.1) is 25.2 Å². The second-order valence-electron chi connectivity index (χ2n) is 8.37. The largest absolute Gasteiger partial charge is 0.464 e. The molecule has 0 aromatic carbocycles. The lowest BCUT2D eigenvalue weighted by atomic mass is 9.95. The van der Waals surface area contributed by atoms with Crippen molar-refractivity contribution in [3.63, 3.8) is 0 Å². The average Bonchev–Trinajstić information content (AvgIpc) is 3.01. The van der Waals surface area contributed by atoms with Crippen molar-refractivity contribution < 1.29 is 32.2 Å². The van der Waals surface area contributed by atoms with Crippen molar-refractivity contribution in [3.05, 3.63) is 10.8 Å². The third-order valence-corrected chi connectivity index (χ3v) is 5.45. The number of halogens is 3. The van der Waals surface area contributed by atoms with Crippen molar-refractivity contribution in [3.8, 4) is 6.01 Å². The molecule has 2 heterocycles. The molecule has 1 saturated carbocycles. The van der Waals surface area contributed by atoms with Gasteiger partial charge in [-0.1, -0.05) is 6.08 Å². The van der Waals surface area contributed by atoms with Gasteiger partial charge in [-0.15, -0.1) is 0 Å². The summed E-state index contributed by atoms with van der Waals surface area (Å²) >= 11 is 0. The molecule has 32 heavy (non-hydrogen) atoms. The predicted octanol–water partition coefficient (Wildman–Crippen LogP) is 1.75. The molecule has 1 unspecified atom stereocenters. The highest BCUT2D eigenvalue weighted by Gasteiger charge is 2.28. The molecular formula is C21H31F3N4O4. The number of hydrogen-bond acceptors (Lipinski definition) is 6. The minimum atomic E-state index is -4.27. The molecule has 180 valence electrons. The Morgan fingerprint density at radius 3 is 2.62 bits per heavy atom. The highest BCUT2D eigenvalue weighted by molar-refractivity contribution is 5.73. The molecule has 0 radical (unpaired) electrons. The maximum atomic E-state index is 12.3. The summed E-state index contributed by atoms with van der Waals surface area (Å²) in [7, 11) is 1.67. The van der Waals surface area contributed by atoms with E-state index in [0.717, 1.165) is 25.7 Å². The van der Waals surface area contributed by atoms with Crippen LogP contribution in [0.4, 0.5) is 13.2 Å². The fourth-order valence-corrected chi connectivity index (χ4v) is 3.88. The minimum absolute atomic E-state index is 0.0199. The van der Waals surface area contributed by atoms with Crippen molar-refractivity contribution in [2.45, 2.75) is 83.0 Å². The molecule has 2 atom stereocenters. The van der Waals surface area contributed by atoms with E-state index in [2.05, 4.69) is 15.3 Å². The number of nitrogens with one attached hydrogen (secondary N) is 1. The summed E-state index contributed by atoms with van der Waals surface area (Å²) in [6, 6.07) is 0.0968. The van der Waals surface area contributed by atoms with Gasteiger partial charge in [0.1, 0.15) is 12.0 Å². The first-order chi connectivity index (χ1) is 15.1. The molecule has 3 rings (SSSR count). The molecule has 1 aromatic heterocycles. The Bertz CT molecular complexity index is 894. The van der Waals surface area contributed by atoms with E-state index in [9.17, 15) is 18.0 Å². The van der Waals surface area contributed by atoms with Crippen molar-refractivity contribution in [2.75, 3.05) is 13.2 Å². The van der Waals surface area contributed by atoms with Gasteiger partial charge in [-0.2, -0.15) is 18.2 Å². The molecule has 1 aromatic rings. The first kappa shape index (κ1) is 24.5. The number of ether oxygens (including phenoxy) is 3. The topological polar surface area (TPSA) is 87.0 Å². The summed E-state index contributed by atoms with van der Waals surface area (Å²) in [6.07, 6.45) is 0.461. The monoisotopic (exact) mass is 460 g/mol. The Kier molecular flexibility index (Phi) is 8.16. The molecule has 8 nitrogen and oxygen atoms in total. The van der Waals surface area contributed by atoms with E-state index in [0.29, 0.717) is 23.9 Å². The number of aromatic nitrogens is 2. The molecule has 11 heteroatoms. The lowest BCUT2D eigenvalue weighted by Crippen LogP contribution is -2.38. The number of imidazole rings is 1. The van der Waals surface area contributed by atoms with Gasteiger partial charge in [0.15, 0.2) is 11.7 Å². The van der Waals surface area contributed by atoms with Gasteiger partial charge in [-0.25, -0.2) is 4.99 Å². The second kappa shape index (κ2) is 10.7. The van der Waals surface area contributed by atoms with Crippen LogP contribution in [0.15, 0.2) is 4.99 Å². The highest BCUT2D eigenvalue weighted by Crippen LogP contribution is 2.25. The zero-order chi connectivity index (χ0) is 23.3. The third kappa shape index (κ3) is 7.19. The number of fused-ring (bicyclic) bond motifs is 1. The molecule has 1 aliphatic heterocycles. The zero-order valence-electron chi connectivity index (χ0n) is 18.7. The quantitative estimate of drug-likeness (QED) is 0.607.